The fraction of sp³-hybridized carbons (Fsp3) is 0.526. The number of para-hydroxylation sites is 1. The number of rotatable bonds is 6. The Morgan fingerprint density at radius 3 is 2.23 bits per heavy atom. The molecule has 1 aromatic rings. The summed E-state index contributed by atoms with van der Waals surface area (Å²) < 4.78 is 5.33. The second kappa shape index (κ2) is 9.22. The fourth-order valence-corrected chi connectivity index (χ4v) is 3.05. The molecule has 0 atom stereocenters. The van der Waals surface area contributed by atoms with Crippen molar-refractivity contribution in [2.75, 3.05) is 39.8 Å². The van der Waals surface area contributed by atoms with Gasteiger partial charge in [-0.1, -0.05) is 18.2 Å². The van der Waals surface area contributed by atoms with Crippen molar-refractivity contribution in [1.29, 1.82) is 0 Å². The molecule has 0 saturated carbocycles. The van der Waals surface area contributed by atoms with E-state index in [9.17, 15) is 14.4 Å². The van der Waals surface area contributed by atoms with Crippen LogP contribution in [0.3, 0.4) is 0 Å². The molecule has 26 heavy (non-hydrogen) atoms. The molecule has 0 unspecified atom stereocenters. The van der Waals surface area contributed by atoms with Crippen LogP contribution in [0.25, 0.3) is 0 Å². The van der Waals surface area contributed by atoms with E-state index in [4.69, 9.17) is 4.74 Å². The molecule has 0 N–H and O–H groups in total. The number of methoxy groups -OCH3 is 1. The maximum absolute atomic E-state index is 12.4. The maximum Gasteiger partial charge on any atom is 0.224 e. The lowest BCUT2D eigenvalue weighted by molar-refractivity contribution is -0.139. The molecule has 1 saturated heterocycles. The van der Waals surface area contributed by atoms with E-state index < -0.39 is 0 Å². The predicted molar refractivity (Wildman–Crippen MR) is 97.5 cm³/mol. The van der Waals surface area contributed by atoms with Gasteiger partial charge in [-0.3, -0.25) is 14.4 Å². The third-order valence-electron chi connectivity index (χ3n) is 4.67. The minimum absolute atomic E-state index is 0.0134. The molecule has 0 aliphatic carbocycles. The van der Waals surface area contributed by atoms with Gasteiger partial charge in [0.25, 0.3) is 0 Å². The number of benzene rings is 1. The normalized spacial score (nSPS) is 14.1. The van der Waals surface area contributed by atoms with Gasteiger partial charge in [0.1, 0.15) is 5.75 Å². The molecule has 0 spiro atoms. The summed E-state index contributed by atoms with van der Waals surface area (Å²) in [5.41, 5.74) is 0.910. The van der Waals surface area contributed by atoms with E-state index in [-0.39, 0.29) is 24.1 Å². The van der Waals surface area contributed by atoms with Crippen LogP contribution in [0.5, 0.6) is 5.75 Å². The van der Waals surface area contributed by atoms with E-state index in [1.807, 2.05) is 24.3 Å². The Hall–Kier alpha value is -2.57. The number of ether oxygens (including phenoxy) is 1. The van der Waals surface area contributed by atoms with Crippen LogP contribution in [0.1, 0.15) is 25.8 Å². The molecule has 1 heterocycles. The molecule has 1 aliphatic heterocycles. The van der Waals surface area contributed by atoms with Gasteiger partial charge in [0.05, 0.1) is 7.11 Å². The molecule has 142 valence electrons. The first-order chi connectivity index (χ1) is 12.4. The van der Waals surface area contributed by atoms with Crippen molar-refractivity contribution >= 4 is 17.7 Å². The summed E-state index contributed by atoms with van der Waals surface area (Å²) in [7, 11) is 1.60. The van der Waals surface area contributed by atoms with Gasteiger partial charge in [0.15, 0.2) is 0 Å². The summed E-state index contributed by atoms with van der Waals surface area (Å²) in [4.78, 5) is 40.9. The Balaban J connectivity index is 1.89. The van der Waals surface area contributed by atoms with Crippen LogP contribution in [0.4, 0.5) is 0 Å². The summed E-state index contributed by atoms with van der Waals surface area (Å²) >= 11 is 0. The Bertz CT molecular complexity index is 654. The summed E-state index contributed by atoms with van der Waals surface area (Å²) in [6.07, 6.45) is 0.273. The highest BCUT2D eigenvalue weighted by Gasteiger charge is 2.23. The Labute approximate surface area is 154 Å². The van der Waals surface area contributed by atoms with Crippen molar-refractivity contribution in [2.24, 2.45) is 0 Å². The highest BCUT2D eigenvalue weighted by atomic mass is 16.5. The molecule has 1 aromatic carbocycles. The van der Waals surface area contributed by atoms with Crippen LogP contribution < -0.4 is 4.74 Å². The standard InChI is InChI=1S/C19H27N3O4/c1-15(23)20-10-12-21(13-11-20)19(25)8-9-22(16(2)24)14-17-6-4-5-7-18(17)26-3/h4-7H,8-14H2,1-3H3. The third-order valence-corrected chi connectivity index (χ3v) is 4.67. The van der Waals surface area contributed by atoms with Gasteiger partial charge in [0, 0.05) is 65.1 Å². The van der Waals surface area contributed by atoms with Crippen molar-refractivity contribution in [3.63, 3.8) is 0 Å². The number of piperazine rings is 1. The predicted octanol–water partition coefficient (Wildman–Crippen LogP) is 1.12. The fourth-order valence-electron chi connectivity index (χ4n) is 3.05. The van der Waals surface area contributed by atoms with Gasteiger partial charge in [-0.05, 0) is 6.07 Å². The smallest absolute Gasteiger partial charge is 0.224 e. The third kappa shape index (κ3) is 5.21. The lowest BCUT2D eigenvalue weighted by atomic mass is 10.1. The molecule has 1 aliphatic rings. The minimum atomic E-state index is -0.0786. The molecule has 7 nitrogen and oxygen atoms in total. The first-order valence-electron chi connectivity index (χ1n) is 8.83. The number of carbonyl (C=O) groups excluding carboxylic acids is 3. The van der Waals surface area contributed by atoms with Crippen molar-refractivity contribution in [1.82, 2.24) is 14.7 Å². The zero-order valence-electron chi connectivity index (χ0n) is 15.7. The number of hydrogen-bond acceptors (Lipinski definition) is 4. The van der Waals surface area contributed by atoms with Crippen LogP contribution in [0.15, 0.2) is 24.3 Å². The van der Waals surface area contributed by atoms with Crippen molar-refractivity contribution < 1.29 is 19.1 Å². The number of amides is 3. The van der Waals surface area contributed by atoms with Gasteiger partial charge in [-0.25, -0.2) is 0 Å². The van der Waals surface area contributed by atoms with E-state index in [1.54, 1.807) is 28.7 Å². The zero-order chi connectivity index (χ0) is 19.1. The molecule has 0 radical (unpaired) electrons. The van der Waals surface area contributed by atoms with Gasteiger partial charge < -0.3 is 19.4 Å². The second-order valence-electron chi connectivity index (χ2n) is 6.39. The topological polar surface area (TPSA) is 70.2 Å². The van der Waals surface area contributed by atoms with Gasteiger partial charge in [0.2, 0.25) is 17.7 Å². The van der Waals surface area contributed by atoms with Crippen molar-refractivity contribution in [2.45, 2.75) is 26.8 Å². The molecule has 0 aromatic heterocycles. The minimum Gasteiger partial charge on any atom is -0.496 e. The van der Waals surface area contributed by atoms with Gasteiger partial charge >= 0.3 is 0 Å². The van der Waals surface area contributed by atoms with E-state index in [1.165, 1.54) is 6.92 Å². The molecule has 0 bridgehead atoms. The quantitative estimate of drug-likeness (QED) is 0.761. The average Bonchev–Trinajstić information content (AvgIpc) is 2.64. The van der Waals surface area contributed by atoms with Gasteiger partial charge in [-0.2, -0.15) is 0 Å². The van der Waals surface area contributed by atoms with E-state index >= 15 is 0 Å². The van der Waals surface area contributed by atoms with Crippen LogP contribution in [0.2, 0.25) is 0 Å². The summed E-state index contributed by atoms with van der Waals surface area (Å²) in [6, 6.07) is 7.55. The van der Waals surface area contributed by atoms with E-state index in [2.05, 4.69) is 0 Å². The molecular weight excluding hydrogens is 334 g/mol. The van der Waals surface area contributed by atoms with Crippen LogP contribution in [0, 0.1) is 0 Å². The van der Waals surface area contributed by atoms with Crippen molar-refractivity contribution in [3.8, 4) is 5.75 Å². The van der Waals surface area contributed by atoms with Gasteiger partial charge in [-0.15, -0.1) is 0 Å². The summed E-state index contributed by atoms with van der Waals surface area (Å²) in [6.45, 7) is 6.04. The van der Waals surface area contributed by atoms with Crippen molar-refractivity contribution in [3.05, 3.63) is 29.8 Å². The SMILES string of the molecule is COc1ccccc1CN(CCC(=O)N1CCN(C(C)=O)CC1)C(C)=O. The molecule has 7 heteroatoms. The Morgan fingerprint density at radius 2 is 1.65 bits per heavy atom. The summed E-state index contributed by atoms with van der Waals surface area (Å²) in [5.74, 6) is 0.701. The second-order valence-corrected chi connectivity index (χ2v) is 6.39. The zero-order valence-corrected chi connectivity index (χ0v) is 15.7. The first-order valence-corrected chi connectivity index (χ1v) is 8.83. The number of carbonyl (C=O) groups is 3. The van der Waals surface area contributed by atoms with Crippen LogP contribution in [-0.4, -0.2) is 72.3 Å². The first kappa shape index (κ1) is 19.8. The molecule has 1 fully saturated rings. The largest absolute Gasteiger partial charge is 0.496 e. The molecule has 2 rings (SSSR count). The molecule has 3 amide bonds. The van der Waals surface area contributed by atoms with E-state index in [0.717, 1.165) is 11.3 Å². The molecular formula is C19H27N3O4. The highest BCUT2D eigenvalue weighted by molar-refractivity contribution is 5.79. The van der Waals surface area contributed by atoms with E-state index in [0.29, 0.717) is 39.3 Å². The van der Waals surface area contributed by atoms with Crippen LogP contribution >= 0.6 is 0 Å². The highest BCUT2D eigenvalue weighted by Crippen LogP contribution is 2.19. The Kier molecular flexibility index (Phi) is 7.00. The number of nitrogens with zero attached hydrogens (tertiary/aromatic N) is 3. The lowest BCUT2D eigenvalue weighted by Crippen LogP contribution is -2.50. The lowest BCUT2D eigenvalue weighted by Gasteiger charge is -2.34. The monoisotopic (exact) mass is 361 g/mol. The Morgan fingerprint density at radius 1 is 1.04 bits per heavy atom. The number of hydrogen-bond donors (Lipinski definition) is 0. The van der Waals surface area contributed by atoms with Crippen LogP contribution in [-0.2, 0) is 20.9 Å². The average molecular weight is 361 g/mol. The summed E-state index contributed by atoms with van der Waals surface area (Å²) in [5, 5.41) is 0. The maximum atomic E-state index is 12.4.